The maximum Gasteiger partial charge on any atom is 0.329 e. The summed E-state index contributed by atoms with van der Waals surface area (Å²) in [4.78, 5) is 29.4. The second-order valence-electron chi connectivity index (χ2n) is 5.51. The Bertz CT molecular complexity index is 956. The van der Waals surface area contributed by atoms with Crippen LogP contribution >= 0.6 is 0 Å². The lowest BCUT2D eigenvalue weighted by Crippen LogP contribution is -2.42. The van der Waals surface area contributed by atoms with Gasteiger partial charge in [0.15, 0.2) is 0 Å². The van der Waals surface area contributed by atoms with E-state index in [1.54, 1.807) is 0 Å². The van der Waals surface area contributed by atoms with Crippen LogP contribution in [0, 0.1) is 0 Å². The van der Waals surface area contributed by atoms with Crippen LogP contribution in [0.4, 0.5) is 0 Å². The third-order valence-corrected chi connectivity index (χ3v) is 5.39. The Morgan fingerprint density at radius 3 is 2.70 bits per heavy atom. The van der Waals surface area contributed by atoms with E-state index in [9.17, 15) is 18.0 Å². The summed E-state index contributed by atoms with van der Waals surface area (Å²) in [5.41, 5.74) is -1.12. The minimum Gasteiger partial charge on any atom is -0.317 e. The summed E-state index contributed by atoms with van der Waals surface area (Å²) in [5.74, 6) is 0. The van der Waals surface area contributed by atoms with Crippen LogP contribution in [0.1, 0.15) is 12.8 Å². The second-order valence-corrected chi connectivity index (χ2v) is 7.22. The standard InChI is InChI=1S/C13H17N5O4S/c1-18-11-10(12(19)16-13(18)20)6-9(7-15-11)23(21,22)17-8-2-4-14-5-3-8/h6-8,14,17H,2-5H2,1H3,(H,16,19,20). The van der Waals surface area contributed by atoms with Gasteiger partial charge in [0.25, 0.3) is 5.56 Å². The first-order chi connectivity index (χ1) is 10.9. The van der Waals surface area contributed by atoms with Gasteiger partial charge >= 0.3 is 5.69 Å². The van der Waals surface area contributed by atoms with Gasteiger partial charge in [0, 0.05) is 19.3 Å². The average Bonchev–Trinajstić information content (AvgIpc) is 2.53. The van der Waals surface area contributed by atoms with Crippen LogP contribution in [0.15, 0.2) is 26.7 Å². The number of H-pyrrole nitrogens is 1. The minimum absolute atomic E-state index is 0.0558. The molecule has 0 bridgehead atoms. The van der Waals surface area contributed by atoms with E-state index in [4.69, 9.17) is 0 Å². The van der Waals surface area contributed by atoms with Crippen molar-refractivity contribution in [1.82, 2.24) is 24.6 Å². The number of aromatic amines is 1. The molecular formula is C13H17N5O4S. The van der Waals surface area contributed by atoms with E-state index < -0.39 is 21.3 Å². The Morgan fingerprint density at radius 2 is 2.00 bits per heavy atom. The van der Waals surface area contributed by atoms with Gasteiger partial charge in [0.2, 0.25) is 10.0 Å². The van der Waals surface area contributed by atoms with Gasteiger partial charge < -0.3 is 5.32 Å². The molecule has 1 saturated heterocycles. The number of rotatable bonds is 3. The van der Waals surface area contributed by atoms with Crippen molar-refractivity contribution in [2.24, 2.45) is 7.05 Å². The van der Waals surface area contributed by atoms with Crippen LogP contribution in [-0.2, 0) is 17.1 Å². The Morgan fingerprint density at radius 1 is 1.30 bits per heavy atom. The Kier molecular flexibility index (Phi) is 4.04. The van der Waals surface area contributed by atoms with E-state index >= 15 is 0 Å². The molecule has 1 aliphatic rings. The molecule has 0 atom stereocenters. The van der Waals surface area contributed by atoms with E-state index in [1.165, 1.54) is 13.1 Å². The maximum atomic E-state index is 12.5. The molecule has 124 valence electrons. The SMILES string of the molecule is Cn1c(=O)[nH]c(=O)c2cc(S(=O)(=O)NC3CCNCC3)cnc21. The van der Waals surface area contributed by atoms with Gasteiger partial charge in [-0.25, -0.2) is 22.9 Å². The summed E-state index contributed by atoms with van der Waals surface area (Å²) in [7, 11) is -2.32. The van der Waals surface area contributed by atoms with E-state index in [0.717, 1.165) is 23.9 Å². The first-order valence-electron chi connectivity index (χ1n) is 7.20. The van der Waals surface area contributed by atoms with Gasteiger partial charge in [-0.15, -0.1) is 0 Å². The molecule has 3 rings (SSSR count). The summed E-state index contributed by atoms with van der Waals surface area (Å²) in [6.45, 7) is 1.51. The predicted octanol–water partition coefficient (Wildman–Crippen LogP) is -1.35. The normalized spacial score (nSPS) is 16.7. The van der Waals surface area contributed by atoms with E-state index in [0.29, 0.717) is 12.8 Å². The second kappa shape index (κ2) is 5.87. The lowest BCUT2D eigenvalue weighted by Gasteiger charge is -2.23. The highest BCUT2D eigenvalue weighted by Crippen LogP contribution is 2.14. The quantitative estimate of drug-likeness (QED) is 0.635. The molecule has 23 heavy (non-hydrogen) atoms. The molecule has 9 nitrogen and oxygen atoms in total. The van der Waals surface area contributed by atoms with Crippen LogP contribution in [0.2, 0.25) is 0 Å². The topological polar surface area (TPSA) is 126 Å². The van der Waals surface area contributed by atoms with Crippen molar-refractivity contribution in [3.8, 4) is 0 Å². The smallest absolute Gasteiger partial charge is 0.317 e. The molecule has 0 radical (unpaired) electrons. The highest BCUT2D eigenvalue weighted by molar-refractivity contribution is 7.89. The molecule has 1 fully saturated rings. The minimum atomic E-state index is -3.77. The van der Waals surface area contributed by atoms with Crippen molar-refractivity contribution in [1.29, 1.82) is 0 Å². The van der Waals surface area contributed by atoms with Crippen molar-refractivity contribution in [2.75, 3.05) is 13.1 Å². The number of sulfonamides is 1. The third-order valence-electron chi connectivity index (χ3n) is 3.90. The fourth-order valence-corrected chi connectivity index (χ4v) is 3.87. The Labute approximate surface area is 131 Å². The highest BCUT2D eigenvalue weighted by atomic mass is 32.2. The van der Waals surface area contributed by atoms with Gasteiger partial charge in [-0.05, 0) is 32.0 Å². The monoisotopic (exact) mass is 339 g/mol. The van der Waals surface area contributed by atoms with Crippen molar-refractivity contribution in [2.45, 2.75) is 23.8 Å². The van der Waals surface area contributed by atoms with E-state index in [1.807, 2.05) is 0 Å². The van der Waals surface area contributed by atoms with Gasteiger partial charge in [0.1, 0.15) is 10.5 Å². The number of aryl methyl sites for hydroxylation is 1. The number of fused-ring (bicyclic) bond motifs is 1. The van der Waals surface area contributed by atoms with Gasteiger partial charge in [-0.1, -0.05) is 0 Å². The lowest BCUT2D eigenvalue weighted by atomic mass is 10.1. The molecule has 0 spiro atoms. The number of piperidine rings is 1. The Hall–Kier alpha value is -2.04. The van der Waals surface area contributed by atoms with Gasteiger partial charge in [-0.2, -0.15) is 0 Å². The summed E-state index contributed by atoms with van der Waals surface area (Å²) in [6, 6.07) is 1.10. The molecular weight excluding hydrogens is 322 g/mol. The molecule has 1 aliphatic heterocycles. The molecule has 10 heteroatoms. The van der Waals surface area contributed by atoms with Crippen LogP contribution < -0.4 is 21.3 Å². The fourth-order valence-electron chi connectivity index (χ4n) is 2.59. The molecule has 0 aliphatic carbocycles. The van der Waals surface area contributed by atoms with Gasteiger partial charge in [0.05, 0.1) is 5.39 Å². The first-order valence-corrected chi connectivity index (χ1v) is 8.69. The van der Waals surface area contributed by atoms with Crippen molar-refractivity contribution in [3.63, 3.8) is 0 Å². The predicted molar refractivity (Wildman–Crippen MR) is 83.8 cm³/mol. The number of hydrogen-bond donors (Lipinski definition) is 3. The van der Waals surface area contributed by atoms with Crippen LogP contribution in [0.5, 0.6) is 0 Å². The van der Waals surface area contributed by atoms with E-state index in [-0.39, 0.29) is 22.0 Å². The van der Waals surface area contributed by atoms with Crippen molar-refractivity contribution in [3.05, 3.63) is 33.1 Å². The molecule has 0 amide bonds. The van der Waals surface area contributed by atoms with Crippen LogP contribution in [-0.4, -0.2) is 42.1 Å². The molecule has 0 aromatic carbocycles. The summed E-state index contributed by atoms with van der Waals surface area (Å²) in [6.07, 6.45) is 2.56. The molecule has 2 aromatic heterocycles. The number of pyridine rings is 1. The molecule has 2 aromatic rings. The first kappa shape index (κ1) is 15.8. The fraction of sp³-hybridized carbons (Fsp3) is 0.462. The number of nitrogens with zero attached hydrogens (tertiary/aromatic N) is 2. The number of nitrogens with one attached hydrogen (secondary N) is 3. The van der Waals surface area contributed by atoms with E-state index in [2.05, 4.69) is 20.0 Å². The average molecular weight is 339 g/mol. The van der Waals surface area contributed by atoms with Crippen LogP contribution in [0.3, 0.4) is 0 Å². The largest absolute Gasteiger partial charge is 0.329 e. The summed E-state index contributed by atoms with van der Waals surface area (Å²) in [5, 5.41) is 3.21. The molecule has 0 saturated carbocycles. The highest BCUT2D eigenvalue weighted by Gasteiger charge is 2.23. The molecule has 3 heterocycles. The zero-order valence-electron chi connectivity index (χ0n) is 12.5. The summed E-state index contributed by atoms with van der Waals surface area (Å²) < 4.78 is 28.7. The summed E-state index contributed by atoms with van der Waals surface area (Å²) >= 11 is 0. The molecule has 3 N–H and O–H groups in total. The van der Waals surface area contributed by atoms with Crippen LogP contribution in [0.25, 0.3) is 11.0 Å². The zero-order valence-corrected chi connectivity index (χ0v) is 13.3. The number of hydrogen-bond acceptors (Lipinski definition) is 6. The maximum absolute atomic E-state index is 12.5. The van der Waals surface area contributed by atoms with Gasteiger partial charge in [-0.3, -0.25) is 14.3 Å². The third kappa shape index (κ3) is 3.05. The molecule has 0 unspecified atom stereocenters. The van der Waals surface area contributed by atoms with Crippen molar-refractivity contribution < 1.29 is 8.42 Å². The van der Waals surface area contributed by atoms with Crippen molar-refractivity contribution >= 4 is 21.1 Å². The number of aromatic nitrogens is 3. The lowest BCUT2D eigenvalue weighted by molar-refractivity contribution is 0.427. The zero-order chi connectivity index (χ0) is 16.6. The Balaban J connectivity index is 2.02.